The summed E-state index contributed by atoms with van der Waals surface area (Å²) in [6.07, 6.45) is 1.47. The Kier molecular flexibility index (Phi) is 14.7. The number of nitrogens with one attached hydrogen (secondary N) is 3. The first-order valence-corrected chi connectivity index (χ1v) is 11.7. The number of carbonyl (C=O) groups excluding carboxylic acids is 4. The standard InChI is InChI=1S/C24H43N3O8/c1-9-15-33-21(30)25-14-10-11-17(27-22(31)35-24(5,6)7)16-26-18(20(29)32-8)12-13-19(28)34-23(2,3)4/h9,17-18,26H,1,10-16H2,2-8H3,(H,25,30)(H,27,31)/t17-,18-/m0/s1. The molecule has 2 amide bonds. The first-order chi connectivity index (χ1) is 16.2. The van der Waals surface area contributed by atoms with Crippen LogP contribution >= 0.6 is 0 Å². The maximum Gasteiger partial charge on any atom is 0.407 e. The summed E-state index contributed by atoms with van der Waals surface area (Å²) in [6.45, 7) is 14.7. The van der Waals surface area contributed by atoms with Crippen LogP contribution in [0.4, 0.5) is 9.59 Å². The second-order valence-electron chi connectivity index (χ2n) is 9.91. The van der Waals surface area contributed by atoms with Gasteiger partial charge >= 0.3 is 24.1 Å². The van der Waals surface area contributed by atoms with E-state index in [0.29, 0.717) is 19.4 Å². The van der Waals surface area contributed by atoms with E-state index in [4.69, 9.17) is 18.9 Å². The smallest absolute Gasteiger partial charge is 0.407 e. The number of amides is 2. The Morgan fingerprint density at radius 2 is 1.57 bits per heavy atom. The predicted octanol–water partition coefficient (Wildman–Crippen LogP) is 2.83. The van der Waals surface area contributed by atoms with E-state index < -0.39 is 47.4 Å². The molecule has 0 saturated heterocycles. The second-order valence-corrected chi connectivity index (χ2v) is 9.91. The van der Waals surface area contributed by atoms with Crippen LogP contribution in [-0.4, -0.2) is 74.2 Å². The number of esters is 2. The van der Waals surface area contributed by atoms with Gasteiger partial charge in [0.2, 0.25) is 0 Å². The molecule has 0 aromatic rings. The summed E-state index contributed by atoms with van der Waals surface area (Å²) in [4.78, 5) is 48.1. The molecule has 0 heterocycles. The highest BCUT2D eigenvalue weighted by atomic mass is 16.6. The maximum atomic E-state index is 12.3. The van der Waals surface area contributed by atoms with Crippen molar-refractivity contribution in [1.29, 1.82) is 0 Å². The molecule has 202 valence electrons. The molecular weight excluding hydrogens is 458 g/mol. The average Bonchev–Trinajstić information content (AvgIpc) is 2.71. The summed E-state index contributed by atoms with van der Waals surface area (Å²) in [5.74, 6) is -0.956. The lowest BCUT2D eigenvalue weighted by Crippen LogP contribution is -2.48. The quantitative estimate of drug-likeness (QED) is 0.142. The third-order valence-electron chi connectivity index (χ3n) is 4.21. The van der Waals surface area contributed by atoms with Crippen molar-refractivity contribution in [2.24, 2.45) is 0 Å². The molecule has 35 heavy (non-hydrogen) atoms. The number of ether oxygens (including phenoxy) is 4. The van der Waals surface area contributed by atoms with E-state index in [1.54, 1.807) is 41.5 Å². The van der Waals surface area contributed by atoms with Crippen molar-refractivity contribution in [3.63, 3.8) is 0 Å². The lowest BCUT2D eigenvalue weighted by Gasteiger charge is -2.25. The van der Waals surface area contributed by atoms with Gasteiger partial charge < -0.3 is 34.9 Å². The monoisotopic (exact) mass is 501 g/mol. The van der Waals surface area contributed by atoms with Gasteiger partial charge in [0.15, 0.2) is 0 Å². The van der Waals surface area contributed by atoms with Crippen LogP contribution in [0.25, 0.3) is 0 Å². The van der Waals surface area contributed by atoms with Crippen molar-refractivity contribution in [3.05, 3.63) is 12.7 Å². The van der Waals surface area contributed by atoms with Crippen LogP contribution in [0.1, 0.15) is 67.2 Å². The van der Waals surface area contributed by atoms with E-state index in [0.717, 1.165) is 0 Å². The first kappa shape index (κ1) is 32.2. The van der Waals surface area contributed by atoms with Crippen molar-refractivity contribution in [3.8, 4) is 0 Å². The Hall–Kier alpha value is -2.82. The molecule has 0 saturated carbocycles. The third kappa shape index (κ3) is 18.2. The Morgan fingerprint density at radius 1 is 0.943 bits per heavy atom. The minimum absolute atomic E-state index is 0.0188. The molecule has 0 unspecified atom stereocenters. The maximum absolute atomic E-state index is 12.3. The Labute approximate surface area is 208 Å². The zero-order valence-electron chi connectivity index (χ0n) is 22.2. The predicted molar refractivity (Wildman–Crippen MR) is 131 cm³/mol. The molecule has 0 rings (SSSR count). The molecule has 2 atom stereocenters. The number of rotatable bonds is 14. The summed E-state index contributed by atoms with van der Waals surface area (Å²) < 4.78 is 20.3. The van der Waals surface area contributed by atoms with Gasteiger partial charge in [-0.05, 0) is 60.8 Å². The van der Waals surface area contributed by atoms with Gasteiger partial charge in [0.1, 0.15) is 23.9 Å². The summed E-state index contributed by atoms with van der Waals surface area (Å²) in [6, 6.07) is -1.20. The topological polar surface area (TPSA) is 141 Å². The van der Waals surface area contributed by atoms with E-state index in [1.807, 2.05) is 0 Å². The van der Waals surface area contributed by atoms with Crippen LogP contribution in [0, 0.1) is 0 Å². The lowest BCUT2D eigenvalue weighted by molar-refractivity contribution is -0.155. The highest BCUT2D eigenvalue weighted by Gasteiger charge is 2.25. The minimum Gasteiger partial charge on any atom is -0.468 e. The fourth-order valence-electron chi connectivity index (χ4n) is 2.81. The van der Waals surface area contributed by atoms with Crippen LogP contribution in [0.3, 0.4) is 0 Å². The van der Waals surface area contributed by atoms with Crippen molar-refractivity contribution >= 4 is 24.1 Å². The molecule has 0 fully saturated rings. The average molecular weight is 502 g/mol. The summed E-state index contributed by atoms with van der Waals surface area (Å²) in [5.41, 5.74) is -1.31. The Balaban J connectivity index is 5.00. The summed E-state index contributed by atoms with van der Waals surface area (Å²) >= 11 is 0. The first-order valence-electron chi connectivity index (χ1n) is 11.7. The molecule has 3 N–H and O–H groups in total. The van der Waals surface area contributed by atoms with E-state index >= 15 is 0 Å². The Morgan fingerprint density at radius 3 is 2.11 bits per heavy atom. The van der Waals surface area contributed by atoms with Gasteiger partial charge in [-0.25, -0.2) is 9.59 Å². The van der Waals surface area contributed by atoms with E-state index in [9.17, 15) is 19.2 Å². The number of carbonyl (C=O) groups is 4. The van der Waals surface area contributed by atoms with Crippen molar-refractivity contribution in [2.75, 3.05) is 26.8 Å². The minimum atomic E-state index is -0.775. The van der Waals surface area contributed by atoms with Gasteiger partial charge in [0.05, 0.1) is 7.11 Å². The largest absolute Gasteiger partial charge is 0.468 e. The summed E-state index contributed by atoms with van der Waals surface area (Å²) in [7, 11) is 1.26. The number of alkyl carbamates (subject to hydrolysis) is 2. The van der Waals surface area contributed by atoms with Crippen LogP contribution in [0.2, 0.25) is 0 Å². The Bertz CT molecular complexity index is 698. The van der Waals surface area contributed by atoms with Crippen LogP contribution in [-0.2, 0) is 28.5 Å². The summed E-state index contributed by atoms with van der Waals surface area (Å²) in [5, 5.41) is 8.45. The van der Waals surface area contributed by atoms with E-state index in [-0.39, 0.29) is 26.0 Å². The molecule has 0 radical (unpaired) electrons. The molecular formula is C24H43N3O8. The van der Waals surface area contributed by atoms with Crippen molar-refractivity contribution in [1.82, 2.24) is 16.0 Å². The fraction of sp³-hybridized carbons (Fsp3) is 0.750. The van der Waals surface area contributed by atoms with Crippen molar-refractivity contribution in [2.45, 2.75) is 90.5 Å². The number of methoxy groups -OCH3 is 1. The molecule has 0 aromatic heterocycles. The van der Waals surface area contributed by atoms with Gasteiger partial charge in [-0.3, -0.25) is 9.59 Å². The lowest BCUT2D eigenvalue weighted by atomic mass is 10.1. The van der Waals surface area contributed by atoms with E-state index in [2.05, 4.69) is 22.5 Å². The van der Waals surface area contributed by atoms with Crippen LogP contribution in [0.5, 0.6) is 0 Å². The zero-order valence-corrected chi connectivity index (χ0v) is 22.2. The highest BCUT2D eigenvalue weighted by Crippen LogP contribution is 2.11. The van der Waals surface area contributed by atoms with Crippen molar-refractivity contribution < 1.29 is 38.1 Å². The van der Waals surface area contributed by atoms with E-state index in [1.165, 1.54) is 13.2 Å². The zero-order chi connectivity index (χ0) is 27.1. The molecule has 0 aliphatic rings. The van der Waals surface area contributed by atoms with Crippen LogP contribution < -0.4 is 16.0 Å². The van der Waals surface area contributed by atoms with Gasteiger partial charge in [-0.15, -0.1) is 0 Å². The molecule has 0 aliphatic heterocycles. The molecule has 0 aromatic carbocycles. The van der Waals surface area contributed by atoms with Gasteiger partial charge in [0, 0.05) is 25.6 Å². The molecule has 0 spiro atoms. The normalized spacial score (nSPS) is 13.1. The van der Waals surface area contributed by atoms with Gasteiger partial charge in [-0.2, -0.15) is 0 Å². The highest BCUT2D eigenvalue weighted by molar-refractivity contribution is 5.77. The second kappa shape index (κ2) is 16.0. The molecule has 0 aliphatic carbocycles. The molecule has 0 bridgehead atoms. The third-order valence-corrected chi connectivity index (χ3v) is 4.21. The van der Waals surface area contributed by atoms with Crippen LogP contribution in [0.15, 0.2) is 12.7 Å². The van der Waals surface area contributed by atoms with Gasteiger partial charge in [0.25, 0.3) is 0 Å². The molecule has 11 nitrogen and oxygen atoms in total. The van der Waals surface area contributed by atoms with Gasteiger partial charge in [-0.1, -0.05) is 12.7 Å². The molecule has 11 heteroatoms. The number of hydrogen-bond donors (Lipinski definition) is 3. The fourth-order valence-corrected chi connectivity index (χ4v) is 2.81. The number of hydrogen-bond acceptors (Lipinski definition) is 9. The SMILES string of the molecule is C=CCOC(=O)NCCC[C@@H](CN[C@@H](CCC(=O)OC(C)(C)C)C(=O)OC)NC(=O)OC(C)(C)C.